The molecule has 3 rings (SSSR count). The highest BCUT2D eigenvalue weighted by atomic mass is 32.2. The quantitative estimate of drug-likeness (QED) is 0.344. The van der Waals surface area contributed by atoms with Crippen LogP contribution in [0.4, 0.5) is 5.82 Å². The summed E-state index contributed by atoms with van der Waals surface area (Å²) in [7, 11) is 0. The molecular formula is C25H31N5OS. The van der Waals surface area contributed by atoms with Gasteiger partial charge >= 0.3 is 0 Å². The molecule has 1 N–H and O–H groups in total. The molecule has 32 heavy (non-hydrogen) atoms. The Morgan fingerprint density at radius 1 is 1.06 bits per heavy atom. The number of hydrogen-bond donors (Lipinski definition) is 1. The van der Waals surface area contributed by atoms with Crippen molar-refractivity contribution in [2.45, 2.75) is 51.1 Å². The van der Waals surface area contributed by atoms with Crippen LogP contribution >= 0.6 is 11.8 Å². The Morgan fingerprint density at radius 3 is 2.44 bits per heavy atom. The Balaban J connectivity index is 1.62. The molecule has 3 aromatic rings. The van der Waals surface area contributed by atoms with Gasteiger partial charge in [0.25, 0.3) is 5.91 Å². The molecule has 7 heteroatoms. The molecule has 0 saturated heterocycles. The molecule has 0 aliphatic heterocycles. The smallest absolute Gasteiger partial charge is 0.251 e. The molecule has 1 aromatic carbocycles. The van der Waals surface area contributed by atoms with Crippen LogP contribution in [0.3, 0.4) is 0 Å². The van der Waals surface area contributed by atoms with Crippen molar-refractivity contribution >= 4 is 23.5 Å². The van der Waals surface area contributed by atoms with Crippen LogP contribution < -0.4 is 10.2 Å². The van der Waals surface area contributed by atoms with Crippen molar-refractivity contribution in [1.29, 1.82) is 0 Å². The molecule has 0 saturated carbocycles. The van der Waals surface area contributed by atoms with Crippen LogP contribution in [0, 0.1) is 0 Å². The number of nitrogens with one attached hydrogen (secondary N) is 1. The van der Waals surface area contributed by atoms with Gasteiger partial charge in [-0.2, -0.15) is 0 Å². The van der Waals surface area contributed by atoms with Crippen LogP contribution in [0.25, 0.3) is 0 Å². The number of benzene rings is 1. The highest BCUT2D eigenvalue weighted by molar-refractivity contribution is 7.98. The van der Waals surface area contributed by atoms with E-state index in [9.17, 15) is 4.79 Å². The summed E-state index contributed by atoms with van der Waals surface area (Å²) in [4.78, 5) is 28.3. The van der Waals surface area contributed by atoms with Crippen molar-refractivity contribution in [2.75, 3.05) is 18.0 Å². The first-order valence-electron chi connectivity index (χ1n) is 11.0. The molecule has 0 spiro atoms. The molecule has 168 valence electrons. The van der Waals surface area contributed by atoms with E-state index in [-0.39, 0.29) is 5.91 Å². The zero-order valence-corrected chi connectivity index (χ0v) is 20.0. The highest BCUT2D eigenvalue weighted by Gasteiger charge is 2.12. The predicted octanol–water partition coefficient (Wildman–Crippen LogP) is 5.06. The molecule has 0 aliphatic rings. The summed E-state index contributed by atoms with van der Waals surface area (Å²) in [5.74, 6) is 1.98. The lowest BCUT2D eigenvalue weighted by Crippen LogP contribution is -2.23. The number of carbonyl (C=O) groups excluding carboxylic acids is 1. The third-order valence-corrected chi connectivity index (χ3v) is 6.07. The first-order chi connectivity index (χ1) is 15.5. The van der Waals surface area contributed by atoms with Crippen molar-refractivity contribution in [2.24, 2.45) is 0 Å². The van der Waals surface area contributed by atoms with Crippen LogP contribution in [-0.2, 0) is 12.3 Å². The van der Waals surface area contributed by atoms with Crippen molar-refractivity contribution in [3.8, 4) is 0 Å². The van der Waals surface area contributed by atoms with E-state index in [1.807, 2.05) is 36.4 Å². The second-order valence-electron chi connectivity index (χ2n) is 7.79. The van der Waals surface area contributed by atoms with E-state index < -0.39 is 0 Å². The van der Waals surface area contributed by atoms with Gasteiger partial charge in [0.05, 0.1) is 0 Å². The maximum Gasteiger partial charge on any atom is 0.251 e. The summed E-state index contributed by atoms with van der Waals surface area (Å²) in [6, 6.07) is 13.6. The molecular weight excluding hydrogens is 418 g/mol. The molecule has 6 nitrogen and oxygen atoms in total. The largest absolute Gasteiger partial charge is 0.357 e. The van der Waals surface area contributed by atoms with Crippen LogP contribution in [0.1, 0.15) is 60.8 Å². The maximum absolute atomic E-state index is 12.4. The standard InChI is InChI=1S/C25H31N5OS/c1-5-30(6-2)23-14-22(18(3)4)28-25(29-23)32-17-19-9-11-21(12-10-19)24(31)27-16-20-8-7-13-26-15-20/h7-15,18H,5-6,16-17H2,1-4H3,(H,27,31). The molecule has 0 fully saturated rings. The van der Waals surface area contributed by atoms with Gasteiger partial charge in [-0.05, 0) is 49.1 Å². The van der Waals surface area contributed by atoms with Gasteiger partial charge in [0.15, 0.2) is 5.16 Å². The summed E-state index contributed by atoms with van der Waals surface area (Å²) >= 11 is 1.62. The van der Waals surface area contributed by atoms with E-state index in [0.717, 1.165) is 46.6 Å². The van der Waals surface area contributed by atoms with Crippen molar-refractivity contribution in [1.82, 2.24) is 20.3 Å². The molecule has 2 aromatic heterocycles. The summed E-state index contributed by atoms with van der Waals surface area (Å²) in [6.45, 7) is 10.9. The molecule has 0 aliphatic carbocycles. The highest BCUT2D eigenvalue weighted by Crippen LogP contribution is 2.25. The van der Waals surface area contributed by atoms with Crippen molar-refractivity contribution < 1.29 is 4.79 Å². The molecule has 0 radical (unpaired) electrons. The second kappa shape index (κ2) is 11.6. The number of thioether (sulfide) groups is 1. The maximum atomic E-state index is 12.4. The van der Waals surface area contributed by atoms with Gasteiger partial charge in [-0.3, -0.25) is 9.78 Å². The summed E-state index contributed by atoms with van der Waals surface area (Å²) < 4.78 is 0. The van der Waals surface area contributed by atoms with E-state index in [4.69, 9.17) is 9.97 Å². The summed E-state index contributed by atoms with van der Waals surface area (Å²) in [6.07, 6.45) is 3.47. The van der Waals surface area contributed by atoms with Gasteiger partial charge < -0.3 is 10.2 Å². The second-order valence-corrected chi connectivity index (χ2v) is 8.73. The number of aromatic nitrogens is 3. The molecule has 0 unspecified atom stereocenters. The van der Waals surface area contributed by atoms with Gasteiger partial charge in [0, 0.05) is 55.1 Å². The SMILES string of the molecule is CCN(CC)c1cc(C(C)C)nc(SCc2ccc(C(=O)NCc3cccnc3)cc2)n1. The molecule has 2 heterocycles. The molecule has 1 amide bonds. The third kappa shape index (κ3) is 6.53. The third-order valence-electron chi connectivity index (χ3n) is 5.15. The Kier molecular flexibility index (Phi) is 8.62. The lowest BCUT2D eigenvalue weighted by molar-refractivity contribution is 0.0951. The lowest BCUT2D eigenvalue weighted by atomic mass is 10.1. The van der Waals surface area contributed by atoms with E-state index >= 15 is 0 Å². The van der Waals surface area contributed by atoms with E-state index in [1.165, 1.54) is 0 Å². The first kappa shape index (κ1) is 23.7. The van der Waals surface area contributed by atoms with Crippen LogP contribution in [0.15, 0.2) is 60.0 Å². The van der Waals surface area contributed by atoms with E-state index in [2.05, 4.69) is 49.0 Å². The predicted molar refractivity (Wildman–Crippen MR) is 131 cm³/mol. The zero-order valence-electron chi connectivity index (χ0n) is 19.2. The molecule has 0 atom stereocenters. The summed E-state index contributed by atoms with van der Waals surface area (Å²) in [5.41, 5.74) is 3.80. The Bertz CT molecular complexity index is 1000. The minimum atomic E-state index is -0.0927. The number of carbonyl (C=O) groups is 1. The zero-order chi connectivity index (χ0) is 22.9. The average Bonchev–Trinajstić information content (AvgIpc) is 2.83. The minimum absolute atomic E-state index is 0.0927. The Morgan fingerprint density at radius 2 is 1.81 bits per heavy atom. The average molecular weight is 450 g/mol. The normalized spacial score (nSPS) is 10.9. The lowest BCUT2D eigenvalue weighted by Gasteiger charge is -2.21. The number of rotatable bonds is 10. The van der Waals surface area contributed by atoms with Crippen LogP contribution in [0.5, 0.6) is 0 Å². The van der Waals surface area contributed by atoms with Gasteiger partial charge in [0.1, 0.15) is 5.82 Å². The van der Waals surface area contributed by atoms with Crippen molar-refractivity contribution in [3.05, 3.63) is 77.2 Å². The summed E-state index contributed by atoms with van der Waals surface area (Å²) in [5, 5.41) is 3.72. The number of pyridine rings is 1. The van der Waals surface area contributed by atoms with Gasteiger partial charge in [0.2, 0.25) is 0 Å². The van der Waals surface area contributed by atoms with Crippen molar-refractivity contribution in [3.63, 3.8) is 0 Å². The fraction of sp³-hybridized carbons (Fsp3) is 0.360. The van der Waals surface area contributed by atoms with E-state index in [0.29, 0.717) is 18.0 Å². The number of amides is 1. The minimum Gasteiger partial charge on any atom is -0.357 e. The molecule has 0 bridgehead atoms. The number of nitrogens with zero attached hydrogens (tertiary/aromatic N) is 4. The van der Waals surface area contributed by atoms with Gasteiger partial charge in [-0.15, -0.1) is 0 Å². The Labute approximate surface area is 194 Å². The van der Waals surface area contributed by atoms with Gasteiger partial charge in [-0.25, -0.2) is 9.97 Å². The monoisotopic (exact) mass is 449 g/mol. The Hall–Kier alpha value is -2.93. The topological polar surface area (TPSA) is 71.0 Å². The first-order valence-corrected chi connectivity index (χ1v) is 12.0. The van der Waals surface area contributed by atoms with Gasteiger partial charge in [-0.1, -0.05) is 43.8 Å². The van der Waals surface area contributed by atoms with Crippen LogP contribution in [-0.4, -0.2) is 33.9 Å². The fourth-order valence-corrected chi connectivity index (χ4v) is 4.00. The number of anilines is 1. The van der Waals surface area contributed by atoms with Crippen LogP contribution in [0.2, 0.25) is 0 Å². The fourth-order valence-electron chi connectivity index (χ4n) is 3.19. The number of hydrogen-bond acceptors (Lipinski definition) is 6. The van der Waals surface area contributed by atoms with E-state index in [1.54, 1.807) is 24.2 Å².